The average Bonchev–Trinajstić information content (AvgIpc) is 1.85. The van der Waals surface area contributed by atoms with Crippen molar-refractivity contribution >= 4 is 22.3 Å². The zero-order valence-corrected chi connectivity index (χ0v) is 6.02. The summed E-state index contributed by atoms with van der Waals surface area (Å²) in [6.07, 6.45) is 0.606. The van der Waals surface area contributed by atoms with Crippen molar-refractivity contribution in [3.8, 4) is 0 Å². The number of rotatable bonds is 0. The number of hydrazone groups is 1. The summed E-state index contributed by atoms with van der Waals surface area (Å²) in [5.41, 5.74) is 0. The van der Waals surface area contributed by atoms with Crippen molar-refractivity contribution in [3.63, 3.8) is 0 Å². The van der Waals surface area contributed by atoms with Gasteiger partial charge in [-0.3, -0.25) is 0 Å². The molecule has 1 N–H and O–H groups in total. The number of hydrogen-bond acceptors (Lipinski definition) is 4. The summed E-state index contributed by atoms with van der Waals surface area (Å²) < 4.78 is 21.5. The van der Waals surface area contributed by atoms with Crippen LogP contribution in [0.1, 0.15) is 0 Å². The minimum atomic E-state index is -3.87. The molecule has 0 bridgehead atoms. The van der Waals surface area contributed by atoms with Crippen molar-refractivity contribution in [1.82, 2.24) is 4.41 Å². The fourth-order valence-electron chi connectivity index (χ4n) is 0.515. The van der Waals surface area contributed by atoms with Crippen molar-refractivity contribution in [1.29, 1.82) is 0 Å². The topological polar surface area (TPSA) is 87.0 Å². The monoisotopic (exact) mass is 176 g/mol. The van der Waals surface area contributed by atoms with Gasteiger partial charge in [0.05, 0.1) is 5.41 Å². The van der Waals surface area contributed by atoms with Gasteiger partial charge in [0.15, 0.2) is 0 Å². The molecule has 0 unspecified atom stereocenters. The van der Waals surface area contributed by atoms with Crippen molar-refractivity contribution in [2.75, 3.05) is 0 Å². The molecule has 0 spiro atoms. The Balaban J connectivity index is 3.09. The van der Waals surface area contributed by atoms with Crippen molar-refractivity contribution < 1.29 is 18.3 Å². The highest BCUT2D eigenvalue weighted by atomic mass is 32.2. The Labute approximate surface area is 62.5 Å². The quantitative estimate of drug-likeness (QED) is 0.554. The van der Waals surface area contributed by atoms with E-state index in [1.165, 1.54) is 0 Å². The first-order valence-corrected chi connectivity index (χ1v) is 4.03. The predicted octanol–water partition coefficient (Wildman–Crippen LogP) is -0.191. The van der Waals surface area contributed by atoms with Crippen LogP contribution in [0.3, 0.4) is 0 Å². The van der Waals surface area contributed by atoms with Crippen LogP contribution in [-0.4, -0.2) is 30.2 Å². The Hall–Kier alpha value is -1.37. The van der Waals surface area contributed by atoms with Crippen LogP contribution in [-0.2, 0) is 10.0 Å². The summed E-state index contributed by atoms with van der Waals surface area (Å²) >= 11 is 0. The lowest BCUT2D eigenvalue weighted by Gasteiger charge is -2.11. The van der Waals surface area contributed by atoms with Crippen LogP contribution in [0.4, 0.5) is 4.79 Å². The molecule has 0 aliphatic carbocycles. The Morgan fingerprint density at radius 2 is 2.18 bits per heavy atom. The normalized spacial score (nSPS) is 20.2. The van der Waals surface area contributed by atoms with E-state index in [2.05, 4.69) is 5.10 Å². The maximum absolute atomic E-state index is 10.8. The van der Waals surface area contributed by atoms with Gasteiger partial charge < -0.3 is 5.11 Å². The molecule has 60 valence electrons. The lowest BCUT2D eigenvalue weighted by atomic mass is 10.7. The van der Waals surface area contributed by atoms with Crippen molar-refractivity contribution in [3.05, 3.63) is 11.5 Å². The van der Waals surface area contributed by atoms with Gasteiger partial charge in [-0.05, 0) is 6.08 Å². The molecule has 0 atom stereocenters. The molecule has 0 aromatic carbocycles. The van der Waals surface area contributed by atoms with E-state index in [0.29, 0.717) is 0 Å². The number of carboxylic acid groups (broad SMARTS) is 1. The van der Waals surface area contributed by atoms with Crippen LogP contribution in [0.25, 0.3) is 0 Å². The minimum Gasteiger partial charge on any atom is -0.463 e. The molecule has 1 rings (SSSR count). The first-order chi connectivity index (χ1) is 5.04. The fourth-order valence-corrected chi connectivity index (χ4v) is 1.30. The number of hydrogen-bond donors (Lipinski definition) is 1. The van der Waals surface area contributed by atoms with Gasteiger partial charge in [0.25, 0.3) is 10.0 Å². The molecule has 0 aromatic heterocycles. The molecule has 0 saturated heterocycles. The van der Waals surface area contributed by atoms with Crippen molar-refractivity contribution in [2.24, 2.45) is 5.10 Å². The molecule has 0 radical (unpaired) electrons. The minimum absolute atomic E-state index is 0.00694. The highest BCUT2D eigenvalue weighted by Crippen LogP contribution is 2.06. The van der Waals surface area contributed by atoms with Crippen LogP contribution >= 0.6 is 0 Å². The van der Waals surface area contributed by atoms with Crippen molar-refractivity contribution in [2.45, 2.75) is 0 Å². The smallest absolute Gasteiger partial charge is 0.442 e. The number of allylic oxidation sites excluding steroid dienone is 1. The van der Waals surface area contributed by atoms with Gasteiger partial charge >= 0.3 is 6.09 Å². The lowest BCUT2D eigenvalue weighted by Crippen LogP contribution is -2.30. The van der Waals surface area contributed by atoms with E-state index >= 15 is 0 Å². The van der Waals surface area contributed by atoms with Crippen LogP contribution in [0.2, 0.25) is 0 Å². The van der Waals surface area contributed by atoms with E-state index in [1.54, 1.807) is 0 Å². The molecule has 1 heterocycles. The van der Waals surface area contributed by atoms with Crippen LogP contribution < -0.4 is 0 Å². The second-order valence-electron chi connectivity index (χ2n) is 1.66. The molecule has 11 heavy (non-hydrogen) atoms. The zero-order valence-electron chi connectivity index (χ0n) is 5.21. The van der Waals surface area contributed by atoms with Gasteiger partial charge in [0.1, 0.15) is 0 Å². The molecule has 7 heteroatoms. The summed E-state index contributed by atoms with van der Waals surface area (Å²) in [7, 11) is -3.87. The van der Waals surface area contributed by atoms with E-state index in [9.17, 15) is 13.2 Å². The number of sulfonamides is 1. The average molecular weight is 176 g/mol. The second kappa shape index (κ2) is 2.35. The van der Waals surface area contributed by atoms with Gasteiger partial charge in [-0.1, -0.05) is 4.41 Å². The first kappa shape index (κ1) is 7.73. The summed E-state index contributed by atoms with van der Waals surface area (Å²) in [6.45, 7) is 0. The summed E-state index contributed by atoms with van der Waals surface area (Å²) in [5.74, 6) is 0. The SMILES string of the molecule is O=C(O)N1N=CC=CS1(=O)=O. The van der Waals surface area contributed by atoms with Gasteiger partial charge in [0, 0.05) is 6.21 Å². The number of nitrogens with zero attached hydrogens (tertiary/aromatic N) is 2. The highest BCUT2D eigenvalue weighted by Gasteiger charge is 2.25. The van der Waals surface area contributed by atoms with Crippen LogP contribution in [0, 0.1) is 0 Å². The Morgan fingerprint density at radius 1 is 1.55 bits per heavy atom. The van der Waals surface area contributed by atoms with Gasteiger partial charge in [-0.15, -0.1) is 0 Å². The van der Waals surface area contributed by atoms with E-state index < -0.39 is 16.1 Å². The van der Waals surface area contributed by atoms with Crippen LogP contribution in [0.15, 0.2) is 16.6 Å². The standard InChI is InChI=1S/C4H4N2O4S/c7-4(8)6-5-2-1-3-11(6,9)10/h1-3H,(H,7,8). The highest BCUT2D eigenvalue weighted by molar-refractivity contribution is 7.92. The lowest BCUT2D eigenvalue weighted by molar-refractivity contribution is 0.174. The molecule has 1 aliphatic rings. The molecule has 1 aliphatic heterocycles. The predicted molar refractivity (Wildman–Crippen MR) is 36.4 cm³/mol. The summed E-state index contributed by atoms with van der Waals surface area (Å²) in [4.78, 5) is 10.2. The number of carbonyl (C=O) groups is 1. The third-order valence-corrected chi connectivity index (χ3v) is 2.15. The zero-order chi connectivity index (χ0) is 8.48. The summed E-state index contributed by atoms with van der Waals surface area (Å²) in [6, 6.07) is 0. The fraction of sp³-hybridized carbons (Fsp3) is 0. The second-order valence-corrected chi connectivity index (χ2v) is 3.31. The Morgan fingerprint density at radius 3 is 2.55 bits per heavy atom. The van der Waals surface area contributed by atoms with E-state index in [4.69, 9.17) is 5.11 Å². The summed E-state index contributed by atoms with van der Waals surface area (Å²) in [5, 5.41) is 12.1. The van der Waals surface area contributed by atoms with E-state index in [0.717, 1.165) is 17.7 Å². The van der Waals surface area contributed by atoms with E-state index in [-0.39, 0.29) is 4.41 Å². The molecular weight excluding hydrogens is 172 g/mol. The number of amides is 1. The van der Waals surface area contributed by atoms with Gasteiger partial charge in [0.2, 0.25) is 0 Å². The molecule has 0 fully saturated rings. The third-order valence-electron chi connectivity index (χ3n) is 0.913. The molecule has 0 saturated carbocycles. The largest absolute Gasteiger partial charge is 0.463 e. The van der Waals surface area contributed by atoms with E-state index in [1.807, 2.05) is 0 Å². The third kappa shape index (κ3) is 1.37. The molecule has 6 nitrogen and oxygen atoms in total. The maximum Gasteiger partial charge on any atom is 0.442 e. The van der Waals surface area contributed by atoms with Crippen LogP contribution in [0.5, 0.6) is 0 Å². The Bertz CT molecular complexity index is 328. The maximum atomic E-state index is 10.8. The molecule has 0 aromatic rings. The molecular formula is C4H4N2O4S. The molecule has 1 amide bonds. The first-order valence-electron chi connectivity index (χ1n) is 2.53. The Kier molecular flexibility index (Phi) is 1.65. The van der Waals surface area contributed by atoms with Gasteiger partial charge in [-0.25, -0.2) is 4.79 Å². The van der Waals surface area contributed by atoms with Gasteiger partial charge in [-0.2, -0.15) is 13.5 Å².